The van der Waals surface area contributed by atoms with Crippen LogP contribution in [0.15, 0.2) is 17.2 Å². The molecule has 2 rings (SSSR count). The summed E-state index contributed by atoms with van der Waals surface area (Å²) in [5.41, 5.74) is -0.00183. The monoisotopic (exact) mass is 241 g/mol. The molecule has 0 saturated carbocycles. The van der Waals surface area contributed by atoms with Crippen LogP contribution >= 0.6 is 11.6 Å². The Hall–Kier alpha value is -1.03. The molecule has 1 saturated heterocycles. The Morgan fingerprint density at radius 2 is 2.19 bits per heavy atom. The van der Waals surface area contributed by atoms with E-state index in [1.165, 1.54) is 0 Å². The number of aryl methyl sites for hydroxylation is 1. The molecule has 0 spiro atoms. The van der Waals surface area contributed by atoms with Crippen LogP contribution in [0, 0.1) is 0 Å². The molecule has 4 nitrogen and oxygen atoms in total. The minimum atomic E-state index is -0.00183. The number of piperidine rings is 1. The molecule has 0 atom stereocenters. The van der Waals surface area contributed by atoms with Crippen LogP contribution in [0.25, 0.3) is 0 Å². The number of rotatable bonds is 2. The van der Waals surface area contributed by atoms with Gasteiger partial charge < -0.3 is 9.47 Å². The lowest BCUT2D eigenvalue weighted by Gasteiger charge is -2.29. The molecule has 5 heteroatoms. The first-order valence-corrected chi connectivity index (χ1v) is 6.10. The van der Waals surface area contributed by atoms with Gasteiger partial charge in [0.25, 0.3) is 5.56 Å². The predicted molar refractivity (Wildman–Crippen MR) is 65.3 cm³/mol. The van der Waals surface area contributed by atoms with Crippen LogP contribution in [0.4, 0.5) is 5.82 Å². The van der Waals surface area contributed by atoms with Gasteiger partial charge in [-0.05, 0) is 19.8 Å². The van der Waals surface area contributed by atoms with Crippen LogP contribution in [-0.2, 0) is 6.54 Å². The van der Waals surface area contributed by atoms with E-state index < -0.39 is 0 Å². The number of hydrogen-bond acceptors (Lipinski definition) is 3. The maximum absolute atomic E-state index is 12.0. The molecule has 88 valence electrons. The molecular formula is C11H16ClN3O. The largest absolute Gasteiger partial charge is 0.352 e. The Morgan fingerprint density at radius 3 is 2.81 bits per heavy atom. The number of alkyl halides is 1. The quantitative estimate of drug-likeness (QED) is 0.736. The molecule has 1 fully saturated rings. The molecule has 0 bridgehead atoms. The van der Waals surface area contributed by atoms with Crippen LogP contribution < -0.4 is 10.5 Å². The van der Waals surface area contributed by atoms with E-state index >= 15 is 0 Å². The van der Waals surface area contributed by atoms with Gasteiger partial charge in [-0.2, -0.15) is 0 Å². The summed E-state index contributed by atoms with van der Waals surface area (Å²) in [5.74, 6) is 0.563. The summed E-state index contributed by atoms with van der Waals surface area (Å²) in [5, 5.41) is 0.244. The van der Waals surface area contributed by atoms with Crippen molar-refractivity contribution < 1.29 is 0 Å². The van der Waals surface area contributed by atoms with Crippen molar-refractivity contribution in [2.45, 2.75) is 31.7 Å². The topological polar surface area (TPSA) is 38.1 Å². The molecule has 1 aliphatic rings. The molecular weight excluding hydrogens is 226 g/mol. The first-order valence-electron chi connectivity index (χ1n) is 5.67. The zero-order valence-electron chi connectivity index (χ0n) is 9.40. The average molecular weight is 242 g/mol. The van der Waals surface area contributed by atoms with Crippen LogP contribution in [0.2, 0.25) is 0 Å². The highest BCUT2D eigenvalue weighted by Gasteiger charge is 2.20. The van der Waals surface area contributed by atoms with Crippen molar-refractivity contribution in [3.63, 3.8) is 0 Å². The van der Waals surface area contributed by atoms with Gasteiger partial charge >= 0.3 is 0 Å². The number of aromatic nitrogens is 2. The first-order chi connectivity index (χ1) is 7.72. The summed E-state index contributed by atoms with van der Waals surface area (Å²) < 4.78 is 1.68. The second-order valence-electron chi connectivity index (χ2n) is 4.00. The van der Waals surface area contributed by atoms with E-state index in [2.05, 4.69) is 4.98 Å². The molecule has 0 aliphatic carbocycles. The lowest BCUT2D eigenvalue weighted by molar-refractivity contribution is 0.573. The van der Waals surface area contributed by atoms with Gasteiger partial charge in [0.2, 0.25) is 0 Å². The molecule has 0 amide bonds. The SMILES string of the molecule is CCn1ccnc(N2CCC(Cl)CC2)c1=O. The van der Waals surface area contributed by atoms with E-state index in [1.807, 2.05) is 11.8 Å². The summed E-state index contributed by atoms with van der Waals surface area (Å²) in [6, 6.07) is 0. The zero-order valence-corrected chi connectivity index (χ0v) is 10.2. The van der Waals surface area contributed by atoms with Crippen LogP contribution in [0.5, 0.6) is 0 Å². The van der Waals surface area contributed by atoms with Gasteiger partial charge in [0, 0.05) is 37.4 Å². The second-order valence-corrected chi connectivity index (χ2v) is 4.62. The van der Waals surface area contributed by atoms with Crippen LogP contribution in [0.1, 0.15) is 19.8 Å². The lowest BCUT2D eigenvalue weighted by atomic mass is 10.1. The minimum Gasteiger partial charge on any atom is -0.352 e. The van der Waals surface area contributed by atoms with Crippen molar-refractivity contribution in [2.75, 3.05) is 18.0 Å². The number of nitrogens with zero attached hydrogens (tertiary/aromatic N) is 3. The standard InChI is InChI=1S/C11H16ClN3O/c1-2-14-8-5-13-10(11(14)16)15-6-3-9(12)4-7-15/h5,8-9H,2-4,6-7H2,1H3. The van der Waals surface area contributed by atoms with Gasteiger partial charge in [0.1, 0.15) is 0 Å². The number of halogens is 1. The van der Waals surface area contributed by atoms with Crippen molar-refractivity contribution in [1.82, 2.24) is 9.55 Å². The van der Waals surface area contributed by atoms with Crippen molar-refractivity contribution >= 4 is 17.4 Å². The van der Waals surface area contributed by atoms with Gasteiger partial charge in [-0.3, -0.25) is 4.79 Å². The average Bonchev–Trinajstić information content (AvgIpc) is 2.31. The van der Waals surface area contributed by atoms with Crippen molar-refractivity contribution in [2.24, 2.45) is 0 Å². The fraction of sp³-hybridized carbons (Fsp3) is 0.636. The predicted octanol–water partition coefficient (Wildman–Crippen LogP) is 1.47. The normalized spacial score (nSPS) is 17.8. The van der Waals surface area contributed by atoms with E-state index in [-0.39, 0.29) is 10.9 Å². The first kappa shape index (κ1) is 11.5. The Balaban J connectivity index is 2.24. The van der Waals surface area contributed by atoms with Gasteiger partial charge in [0.05, 0.1) is 0 Å². The third-order valence-electron chi connectivity index (χ3n) is 2.96. The molecule has 2 heterocycles. The Bertz CT molecular complexity index is 410. The van der Waals surface area contributed by atoms with Crippen molar-refractivity contribution in [3.8, 4) is 0 Å². The van der Waals surface area contributed by atoms with Gasteiger partial charge in [-0.15, -0.1) is 11.6 Å². The number of hydrogen-bond donors (Lipinski definition) is 0. The van der Waals surface area contributed by atoms with Crippen molar-refractivity contribution in [1.29, 1.82) is 0 Å². The molecule has 16 heavy (non-hydrogen) atoms. The van der Waals surface area contributed by atoms with Crippen LogP contribution in [-0.4, -0.2) is 28.0 Å². The third kappa shape index (κ3) is 2.21. The summed E-state index contributed by atoms with van der Waals surface area (Å²) in [6.07, 6.45) is 5.25. The molecule has 1 aromatic heterocycles. The summed E-state index contributed by atoms with van der Waals surface area (Å²) >= 11 is 6.04. The Labute approximate surface area is 99.9 Å². The van der Waals surface area contributed by atoms with Gasteiger partial charge in [-0.1, -0.05) is 0 Å². The summed E-state index contributed by atoms with van der Waals surface area (Å²) in [6.45, 7) is 4.28. The van der Waals surface area contributed by atoms with E-state index in [0.29, 0.717) is 12.4 Å². The van der Waals surface area contributed by atoms with Crippen LogP contribution in [0.3, 0.4) is 0 Å². The van der Waals surface area contributed by atoms with E-state index in [9.17, 15) is 4.79 Å². The van der Waals surface area contributed by atoms with E-state index in [1.54, 1.807) is 17.0 Å². The molecule has 1 aromatic rings. The van der Waals surface area contributed by atoms with E-state index in [4.69, 9.17) is 11.6 Å². The lowest BCUT2D eigenvalue weighted by Crippen LogP contribution is -2.39. The third-order valence-corrected chi connectivity index (χ3v) is 3.40. The smallest absolute Gasteiger partial charge is 0.293 e. The Kier molecular flexibility index (Phi) is 3.49. The molecule has 0 radical (unpaired) electrons. The zero-order chi connectivity index (χ0) is 11.5. The number of anilines is 1. The van der Waals surface area contributed by atoms with Gasteiger partial charge in [0.15, 0.2) is 5.82 Å². The van der Waals surface area contributed by atoms with Crippen molar-refractivity contribution in [3.05, 3.63) is 22.7 Å². The molecule has 0 aromatic carbocycles. The minimum absolute atomic E-state index is 0.00183. The molecule has 1 aliphatic heterocycles. The molecule has 0 N–H and O–H groups in total. The highest BCUT2D eigenvalue weighted by Crippen LogP contribution is 2.18. The maximum atomic E-state index is 12.0. The van der Waals surface area contributed by atoms with E-state index in [0.717, 1.165) is 25.9 Å². The maximum Gasteiger partial charge on any atom is 0.293 e. The van der Waals surface area contributed by atoms with Gasteiger partial charge in [-0.25, -0.2) is 4.98 Å². The fourth-order valence-corrected chi connectivity index (χ4v) is 2.16. The summed E-state index contributed by atoms with van der Waals surface area (Å²) in [7, 11) is 0. The fourth-order valence-electron chi connectivity index (χ4n) is 1.96. The second kappa shape index (κ2) is 4.87. The highest BCUT2D eigenvalue weighted by molar-refractivity contribution is 6.20. The summed E-state index contributed by atoms with van der Waals surface area (Å²) in [4.78, 5) is 18.2. The Morgan fingerprint density at radius 1 is 1.50 bits per heavy atom. The highest BCUT2D eigenvalue weighted by atomic mass is 35.5. The molecule has 0 unspecified atom stereocenters.